The average Bonchev–Trinajstić information content (AvgIpc) is 1.19. The molecule has 0 saturated heterocycles. The zero-order chi connectivity index (χ0) is 8.08. The number of carbonyl (C=O) groups is 1. The molecule has 0 spiro atoms. The Morgan fingerprint density at radius 2 is 1.22 bits per heavy atom. The van der Waals surface area contributed by atoms with Gasteiger partial charge in [-0.15, -0.1) is 0 Å². The van der Waals surface area contributed by atoms with Crippen molar-refractivity contribution in [2.24, 2.45) is 0 Å². The molecule has 0 aliphatic heterocycles. The first-order valence-electron chi connectivity index (χ1n) is 1.49. The fourth-order valence-corrected chi connectivity index (χ4v) is 0. The van der Waals surface area contributed by atoms with Crippen molar-refractivity contribution in [1.82, 2.24) is 0 Å². The molecule has 0 saturated carbocycles. The Morgan fingerprint density at radius 3 is 1.22 bits per heavy atom. The van der Waals surface area contributed by atoms with Gasteiger partial charge in [0.25, 0.3) is 5.97 Å². The van der Waals surface area contributed by atoms with Gasteiger partial charge in [0.1, 0.15) is 0 Å². The van der Waals surface area contributed by atoms with Crippen LogP contribution >= 0.6 is 0 Å². The SMILES string of the molecule is CC(=O)O.[OH][Ni]([OH])([OH])[OH]. The molecule has 0 aromatic heterocycles. The van der Waals surface area contributed by atoms with Gasteiger partial charge < -0.3 is 5.11 Å². The van der Waals surface area contributed by atoms with Gasteiger partial charge in [0, 0.05) is 6.92 Å². The van der Waals surface area contributed by atoms with E-state index >= 15 is 0 Å². The Hall–Kier alpha value is -0.196. The molecule has 0 rings (SSSR count). The maximum absolute atomic E-state index is 9.00. The van der Waals surface area contributed by atoms with Gasteiger partial charge in [-0.3, -0.25) is 4.79 Å². The molecule has 0 aromatic carbocycles. The molecule has 0 unspecified atom stereocenters. The monoisotopic (exact) mass is 186 g/mol. The van der Waals surface area contributed by atoms with E-state index in [0.717, 1.165) is 6.92 Å². The summed E-state index contributed by atoms with van der Waals surface area (Å²) in [5.41, 5.74) is 0. The fraction of sp³-hybridized carbons (Fsp3) is 0.500. The van der Waals surface area contributed by atoms with E-state index in [-0.39, 0.29) is 0 Å². The fourth-order valence-electron chi connectivity index (χ4n) is 0. The van der Waals surface area contributed by atoms with Gasteiger partial charge >= 0.3 is 30.7 Å². The minimum atomic E-state index is -4.25. The molecule has 6 nitrogen and oxygen atoms in total. The van der Waals surface area contributed by atoms with E-state index in [4.69, 9.17) is 26.9 Å². The van der Waals surface area contributed by atoms with E-state index in [1.807, 2.05) is 0 Å². The van der Waals surface area contributed by atoms with Crippen LogP contribution in [0, 0.1) is 0 Å². The summed E-state index contributed by atoms with van der Waals surface area (Å²) in [5.74, 6) is -0.833. The summed E-state index contributed by atoms with van der Waals surface area (Å²) in [4.78, 5) is 9.00. The van der Waals surface area contributed by atoms with Crippen LogP contribution in [0.2, 0.25) is 0 Å². The van der Waals surface area contributed by atoms with Gasteiger partial charge in [0.05, 0.1) is 0 Å². The third kappa shape index (κ3) is 6810. The van der Waals surface area contributed by atoms with Crippen LogP contribution in [-0.4, -0.2) is 28.1 Å². The Kier molecular flexibility index (Phi) is 6.00. The second-order valence-electron chi connectivity index (χ2n) is 0.898. The number of carboxylic acids is 1. The zero-order valence-corrected chi connectivity index (χ0v) is 5.45. The van der Waals surface area contributed by atoms with Crippen molar-refractivity contribution in [2.75, 3.05) is 0 Å². The quantitative estimate of drug-likeness (QED) is 0.276. The molecule has 0 aromatic rings. The molecule has 9 heavy (non-hydrogen) atoms. The van der Waals surface area contributed by atoms with Crippen molar-refractivity contribution in [3.8, 4) is 0 Å². The number of hydrogen-bond acceptors (Lipinski definition) is 5. The normalized spacial score (nSPS) is 11.2. The van der Waals surface area contributed by atoms with Crippen LogP contribution in [0.3, 0.4) is 0 Å². The minimum absolute atomic E-state index is 0.833. The molecule has 0 bridgehead atoms. The molecule has 0 heterocycles. The first-order valence-corrected chi connectivity index (χ1v) is 3.26. The summed E-state index contributed by atoms with van der Waals surface area (Å²) in [6, 6.07) is 0. The second-order valence-corrected chi connectivity index (χ2v) is 2.08. The van der Waals surface area contributed by atoms with Crippen molar-refractivity contribution in [3.05, 3.63) is 0 Å². The van der Waals surface area contributed by atoms with Crippen LogP contribution in [0.1, 0.15) is 6.92 Å². The number of hydrogen-bond donors (Lipinski definition) is 5. The third-order valence-corrected chi connectivity index (χ3v) is 0. The van der Waals surface area contributed by atoms with Crippen molar-refractivity contribution in [3.63, 3.8) is 0 Å². The zero-order valence-electron chi connectivity index (χ0n) is 4.46. The van der Waals surface area contributed by atoms with E-state index in [1.54, 1.807) is 0 Å². The molecule has 0 fully saturated rings. The Labute approximate surface area is 54.3 Å². The molecule has 0 atom stereocenters. The van der Waals surface area contributed by atoms with Crippen molar-refractivity contribution < 1.29 is 40.6 Å². The molecule has 0 radical (unpaired) electrons. The molecule has 5 N–H and O–H groups in total. The molecule has 62 valence electrons. The van der Waals surface area contributed by atoms with E-state index < -0.39 is 19.6 Å². The predicted octanol–water partition coefficient (Wildman–Crippen LogP) is -2.14. The van der Waals surface area contributed by atoms with E-state index in [9.17, 15) is 0 Å². The van der Waals surface area contributed by atoms with Crippen LogP contribution in [0.5, 0.6) is 0 Å². The molecule has 7 heteroatoms. The molecule has 0 amide bonds. The summed E-state index contributed by atoms with van der Waals surface area (Å²) < 4.78 is 29.1. The summed E-state index contributed by atoms with van der Waals surface area (Å²) in [7, 11) is 0. The van der Waals surface area contributed by atoms with Gasteiger partial charge in [0.2, 0.25) is 0 Å². The topological polar surface area (TPSA) is 118 Å². The first kappa shape index (κ1) is 11.6. The summed E-state index contributed by atoms with van der Waals surface area (Å²) in [6.45, 7) is 1.08. The second kappa shape index (κ2) is 4.66. The standard InChI is InChI=1S/C2H4O2.Ni.4H2O/c1-2(3)4;;;;;/h1H3,(H,3,4);;4*1H2/q;+4;;;;/p-4. The Morgan fingerprint density at radius 1 is 1.22 bits per heavy atom. The van der Waals surface area contributed by atoms with Crippen LogP contribution in [0.25, 0.3) is 0 Å². The first-order chi connectivity index (χ1) is 3.73. The predicted molar refractivity (Wildman–Crippen MR) is 22.2 cm³/mol. The van der Waals surface area contributed by atoms with Gasteiger partial charge in [-0.2, -0.15) is 0 Å². The number of carboxylic acid groups (broad SMARTS) is 1. The molecular weight excluding hydrogens is 179 g/mol. The molecule has 0 aliphatic carbocycles. The van der Waals surface area contributed by atoms with Crippen LogP contribution in [0.4, 0.5) is 0 Å². The molecule has 0 aliphatic rings. The van der Waals surface area contributed by atoms with Crippen molar-refractivity contribution in [2.45, 2.75) is 6.92 Å². The van der Waals surface area contributed by atoms with Crippen molar-refractivity contribution >= 4 is 5.97 Å². The third-order valence-electron chi connectivity index (χ3n) is 0. The Balaban J connectivity index is 0. The van der Waals surface area contributed by atoms with E-state index in [2.05, 4.69) is 0 Å². The van der Waals surface area contributed by atoms with Crippen molar-refractivity contribution in [1.29, 1.82) is 0 Å². The number of rotatable bonds is 0. The van der Waals surface area contributed by atoms with E-state index in [0.29, 0.717) is 0 Å². The van der Waals surface area contributed by atoms with Gasteiger partial charge in [-0.25, -0.2) is 0 Å². The van der Waals surface area contributed by atoms with Gasteiger partial charge in [-0.1, -0.05) is 0 Å². The Bertz CT molecular complexity index is 73.5. The summed E-state index contributed by atoms with van der Waals surface area (Å²) >= 11 is -4.25. The summed E-state index contributed by atoms with van der Waals surface area (Å²) in [5, 5.41) is 7.42. The molecular formula is C2H8NiO6. The van der Waals surface area contributed by atoms with Crippen LogP contribution in [-0.2, 0) is 18.5 Å². The summed E-state index contributed by atoms with van der Waals surface area (Å²) in [6.07, 6.45) is 0. The average molecular weight is 187 g/mol. The maximum atomic E-state index is 9.00. The van der Waals surface area contributed by atoms with Gasteiger partial charge in [-0.05, 0) is 0 Å². The number of aliphatic carboxylic acids is 1. The van der Waals surface area contributed by atoms with Crippen LogP contribution in [0.15, 0.2) is 0 Å². The van der Waals surface area contributed by atoms with Crippen LogP contribution < -0.4 is 0 Å². The van der Waals surface area contributed by atoms with E-state index in [1.165, 1.54) is 0 Å². The van der Waals surface area contributed by atoms with Gasteiger partial charge in [0.15, 0.2) is 0 Å².